The number of esters is 2. The smallest absolute Gasteiger partial charge is 0.343 e. The highest BCUT2D eigenvalue weighted by atomic mass is 32.2. The van der Waals surface area contributed by atoms with Gasteiger partial charge in [0.15, 0.2) is 5.25 Å². The van der Waals surface area contributed by atoms with Gasteiger partial charge in [0.1, 0.15) is 12.2 Å². The molecule has 0 aromatic heterocycles. The van der Waals surface area contributed by atoms with E-state index in [9.17, 15) is 36.0 Å². The molecule has 0 heterocycles. The summed E-state index contributed by atoms with van der Waals surface area (Å²) in [5, 5.41) is 3.65. The fourth-order valence-electron chi connectivity index (χ4n) is 3.99. The topological polar surface area (TPSA) is 205 Å². The van der Waals surface area contributed by atoms with Crippen LogP contribution >= 0.6 is 0 Å². The molecule has 0 radical (unpaired) electrons. The molecule has 15 heteroatoms. The first-order chi connectivity index (χ1) is 16.3. The number of carbonyl (C=O) groups excluding carboxylic acids is 3. The second-order valence-electron chi connectivity index (χ2n) is 8.64. The lowest BCUT2D eigenvalue weighted by Gasteiger charge is -2.25. The standard InChI is InChI=1S/C20H30O13S2/c21-17(22)11-15(34(26,27)28)20(25)33-35(29,30)16(19(24)32-14-9-5-2-6-10-14)12-18(23)31-13-7-3-1-4-8-13/h13-16H,1-12H2,(H,21,22)(H,26,27,28). The normalized spacial score (nSPS) is 19.8. The molecule has 0 aromatic rings. The van der Waals surface area contributed by atoms with Gasteiger partial charge in [0.25, 0.3) is 10.1 Å². The zero-order chi connectivity index (χ0) is 26.2. The second-order valence-corrected chi connectivity index (χ2v) is 12.0. The van der Waals surface area contributed by atoms with Crippen LogP contribution in [0.1, 0.15) is 77.0 Å². The molecular weight excluding hydrogens is 512 g/mol. The Labute approximate surface area is 203 Å². The van der Waals surface area contributed by atoms with Crippen molar-refractivity contribution in [3.8, 4) is 0 Å². The summed E-state index contributed by atoms with van der Waals surface area (Å²) in [6, 6.07) is 0. The second kappa shape index (κ2) is 12.6. The van der Waals surface area contributed by atoms with Crippen LogP contribution in [0.15, 0.2) is 0 Å². The number of carboxylic acid groups (broad SMARTS) is 1. The van der Waals surface area contributed by atoms with E-state index in [-0.39, 0.29) is 0 Å². The fourth-order valence-corrected chi connectivity index (χ4v) is 5.79. The van der Waals surface area contributed by atoms with Gasteiger partial charge in [-0.25, -0.2) is 4.79 Å². The van der Waals surface area contributed by atoms with Gasteiger partial charge < -0.3 is 18.8 Å². The molecule has 2 fully saturated rings. The van der Waals surface area contributed by atoms with Crippen LogP contribution in [0.4, 0.5) is 0 Å². The summed E-state index contributed by atoms with van der Waals surface area (Å²) in [6.45, 7) is 0. The highest BCUT2D eigenvalue weighted by Crippen LogP contribution is 2.25. The lowest BCUT2D eigenvalue weighted by Crippen LogP contribution is -2.42. The number of hydrogen-bond donors (Lipinski definition) is 2. The van der Waals surface area contributed by atoms with Gasteiger partial charge >= 0.3 is 34.0 Å². The van der Waals surface area contributed by atoms with Crippen molar-refractivity contribution >= 4 is 44.1 Å². The molecule has 0 aliphatic heterocycles. The number of aliphatic carboxylic acids is 1. The average Bonchev–Trinajstić information content (AvgIpc) is 2.75. The van der Waals surface area contributed by atoms with E-state index in [1.165, 1.54) is 0 Å². The van der Waals surface area contributed by atoms with Crippen molar-refractivity contribution in [3.05, 3.63) is 0 Å². The van der Waals surface area contributed by atoms with E-state index in [0.29, 0.717) is 25.7 Å². The van der Waals surface area contributed by atoms with Crippen LogP contribution in [0, 0.1) is 0 Å². The average molecular weight is 543 g/mol. The summed E-state index contributed by atoms with van der Waals surface area (Å²) < 4.78 is 72.2. The number of carbonyl (C=O) groups is 4. The van der Waals surface area contributed by atoms with Crippen LogP contribution < -0.4 is 0 Å². The minimum Gasteiger partial charge on any atom is -0.481 e. The molecule has 0 bridgehead atoms. The Hall–Kier alpha value is -2.26. The summed E-state index contributed by atoms with van der Waals surface area (Å²) >= 11 is 0. The molecule has 0 saturated heterocycles. The Bertz CT molecular complexity index is 990. The molecule has 2 N–H and O–H groups in total. The number of rotatable bonds is 11. The van der Waals surface area contributed by atoms with Gasteiger partial charge in [0.05, 0.1) is 12.8 Å². The first-order valence-electron chi connectivity index (χ1n) is 11.3. The maximum atomic E-state index is 12.8. The summed E-state index contributed by atoms with van der Waals surface area (Å²) in [5.74, 6) is -6.41. The van der Waals surface area contributed by atoms with Crippen LogP contribution in [0.5, 0.6) is 0 Å². The molecule has 2 aliphatic carbocycles. The largest absolute Gasteiger partial charge is 0.481 e. The van der Waals surface area contributed by atoms with E-state index in [1.807, 2.05) is 0 Å². The molecule has 0 amide bonds. The minimum absolute atomic E-state index is 0.462. The Kier molecular flexibility index (Phi) is 10.5. The van der Waals surface area contributed by atoms with Crippen molar-refractivity contribution in [1.82, 2.24) is 0 Å². The zero-order valence-corrected chi connectivity index (χ0v) is 20.6. The Morgan fingerprint density at radius 2 is 1.20 bits per heavy atom. The number of hydrogen-bond acceptors (Lipinski definition) is 11. The summed E-state index contributed by atoms with van der Waals surface area (Å²) in [5.41, 5.74) is 0. The summed E-state index contributed by atoms with van der Waals surface area (Å²) in [4.78, 5) is 48.2. The molecule has 2 saturated carbocycles. The Morgan fingerprint density at radius 1 is 0.714 bits per heavy atom. The van der Waals surface area contributed by atoms with E-state index in [4.69, 9.17) is 19.1 Å². The van der Waals surface area contributed by atoms with E-state index in [1.54, 1.807) is 0 Å². The third kappa shape index (κ3) is 9.37. The SMILES string of the molecule is O=C(O)CC(C(=O)OS(=O)(=O)C(CC(=O)OC1CCCCC1)C(=O)OC1CCCCC1)S(=O)(=O)O. The van der Waals surface area contributed by atoms with Gasteiger partial charge in [-0.1, -0.05) is 12.8 Å². The third-order valence-corrected chi connectivity index (χ3v) is 8.36. The first-order valence-corrected chi connectivity index (χ1v) is 14.3. The van der Waals surface area contributed by atoms with Crippen molar-refractivity contribution in [2.75, 3.05) is 0 Å². The van der Waals surface area contributed by atoms with Gasteiger partial charge in [-0.2, -0.15) is 16.8 Å². The first kappa shape index (κ1) is 29.0. The van der Waals surface area contributed by atoms with Gasteiger partial charge in [0, 0.05) is 0 Å². The molecule has 200 valence electrons. The van der Waals surface area contributed by atoms with Crippen molar-refractivity contribution in [2.45, 2.75) is 99.8 Å². The van der Waals surface area contributed by atoms with Crippen LogP contribution in [-0.4, -0.2) is 73.1 Å². The molecule has 2 atom stereocenters. The molecule has 0 aromatic carbocycles. The predicted molar refractivity (Wildman–Crippen MR) is 117 cm³/mol. The quantitative estimate of drug-likeness (QED) is 0.213. The highest BCUT2D eigenvalue weighted by Gasteiger charge is 2.44. The van der Waals surface area contributed by atoms with Crippen LogP contribution in [0.2, 0.25) is 0 Å². The fraction of sp³-hybridized carbons (Fsp3) is 0.800. The minimum atomic E-state index is -5.37. The van der Waals surface area contributed by atoms with Crippen LogP contribution in [-0.2, 0) is 53.1 Å². The Balaban J connectivity index is 2.22. The van der Waals surface area contributed by atoms with Crippen molar-refractivity contribution in [2.24, 2.45) is 0 Å². The van der Waals surface area contributed by atoms with Crippen LogP contribution in [0.25, 0.3) is 0 Å². The zero-order valence-electron chi connectivity index (χ0n) is 19.0. The molecule has 0 spiro atoms. The molecule has 2 rings (SSSR count). The predicted octanol–water partition coefficient (Wildman–Crippen LogP) is 1.10. The lowest BCUT2D eigenvalue weighted by molar-refractivity contribution is -0.157. The van der Waals surface area contributed by atoms with Gasteiger partial charge in [-0.15, -0.1) is 0 Å². The number of carboxylic acids is 1. The van der Waals surface area contributed by atoms with Gasteiger partial charge in [-0.3, -0.25) is 18.9 Å². The van der Waals surface area contributed by atoms with Gasteiger partial charge in [-0.05, 0) is 51.4 Å². The summed E-state index contributed by atoms with van der Waals surface area (Å²) in [7, 11) is -10.7. The molecule has 13 nitrogen and oxygen atoms in total. The lowest BCUT2D eigenvalue weighted by atomic mass is 9.98. The molecule has 2 aliphatic rings. The number of ether oxygens (including phenoxy) is 2. The Morgan fingerprint density at radius 3 is 1.66 bits per heavy atom. The maximum Gasteiger partial charge on any atom is 0.343 e. The highest BCUT2D eigenvalue weighted by molar-refractivity contribution is 7.89. The van der Waals surface area contributed by atoms with Crippen molar-refractivity contribution < 1.29 is 59.3 Å². The van der Waals surface area contributed by atoms with Crippen molar-refractivity contribution in [1.29, 1.82) is 0 Å². The van der Waals surface area contributed by atoms with Crippen molar-refractivity contribution in [3.63, 3.8) is 0 Å². The monoisotopic (exact) mass is 542 g/mol. The van der Waals surface area contributed by atoms with E-state index in [0.717, 1.165) is 38.5 Å². The van der Waals surface area contributed by atoms with E-state index >= 15 is 0 Å². The summed E-state index contributed by atoms with van der Waals surface area (Å²) in [6.07, 6.45) is 3.38. The molecule has 2 unspecified atom stereocenters. The van der Waals surface area contributed by atoms with Gasteiger partial charge in [0.2, 0.25) is 5.25 Å². The van der Waals surface area contributed by atoms with E-state index in [2.05, 4.69) is 4.18 Å². The molecular formula is C20H30O13S2. The van der Waals surface area contributed by atoms with Crippen LogP contribution in [0.3, 0.4) is 0 Å². The van der Waals surface area contributed by atoms with E-state index < -0.39 is 79.7 Å². The molecule has 35 heavy (non-hydrogen) atoms. The maximum absolute atomic E-state index is 12.8. The third-order valence-electron chi connectivity index (χ3n) is 5.83.